The Balaban J connectivity index is 1.88. The normalized spacial score (nSPS) is 11.2. The van der Waals surface area contributed by atoms with Crippen molar-refractivity contribution >= 4 is 35.1 Å². The van der Waals surface area contributed by atoms with E-state index in [9.17, 15) is 20.2 Å². The van der Waals surface area contributed by atoms with E-state index in [1.165, 1.54) is 31.2 Å². The van der Waals surface area contributed by atoms with Gasteiger partial charge in [0.2, 0.25) is 5.76 Å². The molecule has 0 aliphatic heterocycles. The zero-order valence-corrected chi connectivity index (χ0v) is 14.0. The molecular weight excluding hydrogens is 366 g/mol. The van der Waals surface area contributed by atoms with Crippen LogP contribution in [0.2, 0.25) is 5.02 Å². The third kappa shape index (κ3) is 3.33. The summed E-state index contributed by atoms with van der Waals surface area (Å²) < 4.78 is 10.5. The molecule has 3 aromatic rings. The van der Waals surface area contributed by atoms with Crippen LogP contribution in [-0.2, 0) is 0 Å². The number of hydrogen-bond acceptors (Lipinski definition) is 7. The Hall–Kier alpha value is -3.46. The van der Waals surface area contributed by atoms with E-state index >= 15 is 0 Å². The molecule has 0 unspecified atom stereocenters. The molecule has 0 saturated carbocycles. The van der Waals surface area contributed by atoms with Crippen LogP contribution in [0.4, 0.5) is 11.4 Å². The molecule has 0 bridgehead atoms. The summed E-state index contributed by atoms with van der Waals surface area (Å²) in [5, 5.41) is 25.6. The number of benzene rings is 1. The molecule has 132 valence electrons. The van der Waals surface area contributed by atoms with Crippen LogP contribution in [0.1, 0.15) is 17.2 Å². The topological polar surface area (TPSA) is 125 Å². The highest BCUT2D eigenvalue weighted by atomic mass is 35.5. The molecule has 0 N–H and O–H groups in total. The van der Waals surface area contributed by atoms with Crippen molar-refractivity contribution in [1.29, 1.82) is 0 Å². The Morgan fingerprint density at radius 1 is 1.12 bits per heavy atom. The molecule has 3 rings (SSSR count). The maximum Gasteiger partial charge on any atom is 0.338 e. The fourth-order valence-electron chi connectivity index (χ4n) is 2.28. The molecule has 0 amide bonds. The summed E-state index contributed by atoms with van der Waals surface area (Å²) in [5.74, 6) is 0.751. The van der Waals surface area contributed by atoms with E-state index in [1.54, 1.807) is 18.2 Å². The van der Waals surface area contributed by atoms with Gasteiger partial charge >= 0.3 is 5.69 Å². The van der Waals surface area contributed by atoms with Gasteiger partial charge in [-0.05, 0) is 43.3 Å². The minimum absolute atomic E-state index is 0.00687. The lowest BCUT2D eigenvalue weighted by Crippen LogP contribution is -1.90. The van der Waals surface area contributed by atoms with Crippen molar-refractivity contribution in [3.63, 3.8) is 0 Å². The number of nitro groups is 2. The minimum Gasteiger partial charge on any atom is -0.457 e. The van der Waals surface area contributed by atoms with E-state index in [2.05, 4.69) is 5.16 Å². The second-order valence-electron chi connectivity index (χ2n) is 5.20. The zero-order valence-electron chi connectivity index (χ0n) is 13.2. The predicted octanol–water partition coefficient (Wildman–Crippen LogP) is 4.88. The summed E-state index contributed by atoms with van der Waals surface area (Å²) in [6.07, 6.45) is 2.84. The van der Waals surface area contributed by atoms with Crippen LogP contribution in [-0.4, -0.2) is 15.0 Å². The van der Waals surface area contributed by atoms with Crippen molar-refractivity contribution in [2.45, 2.75) is 6.92 Å². The van der Waals surface area contributed by atoms with Crippen LogP contribution in [0.25, 0.3) is 23.5 Å². The second kappa shape index (κ2) is 6.81. The van der Waals surface area contributed by atoms with Gasteiger partial charge in [-0.15, -0.1) is 0 Å². The van der Waals surface area contributed by atoms with Gasteiger partial charge in [0, 0.05) is 11.6 Å². The number of rotatable bonds is 5. The molecule has 0 aliphatic rings. The first-order valence-corrected chi connectivity index (χ1v) is 7.57. The molecule has 9 nitrogen and oxygen atoms in total. The summed E-state index contributed by atoms with van der Waals surface area (Å²) in [4.78, 5) is 20.8. The summed E-state index contributed by atoms with van der Waals surface area (Å²) in [5.41, 5.74) is 0.192. The van der Waals surface area contributed by atoms with Gasteiger partial charge in [0.05, 0.1) is 9.85 Å². The fraction of sp³-hybridized carbons (Fsp3) is 0.0625. The Bertz CT molecular complexity index is 1040. The van der Waals surface area contributed by atoms with Gasteiger partial charge in [-0.3, -0.25) is 20.2 Å². The summed E-state index contributed by atoms with van der Waals surface area (Å²) in [6, 6.07) is 7.54. The number of hydrogen-bond donors (Lipinski definition) is 0. The van der Waals surface area contributed by atoms with Crippen molar-refractivity contribution in [2.24, 2.45) is 0 Å². The monoisotopic (exact) mass is 375 g/mol. The number of furan rings is 1. The van der Waals surface area contributed by atoms with E-state index < -0.39 is 9.85 Å². The van der Waals surface area contributed by atoms with Crippen molar-refractivity contribution in [3.8, 4) is 11.3 Å². The Labute approximate surface area is 150 Å². The standard InChI is InChI=1S/C16H10ClN3O6/c1-9-16(20(23)24)15(26-18-9)7-4-11-3-6-14(25-11)10-2-5-12(17)13(8-10)19(21)22/h2-8H,1H3/b7-4-. The lowest BCUT2D eigenvalue weighted by molar-refractivity contribution is -0.386. The van der Waals surface area contributed by atoms with Crippen molar-refractivity contribution in [3.05, 3.63) is 72.8 Å². The lowest BCUT2D eigenvalue weighted by atomic mass is 10.1. The smallest absolute Gasteiger partial charge is 0.338 e. The van der Waals surface area contributed by atoms with E-state index in [0.29, 0.717) is 17.1 Å². The first kappa shape index (κ1) is 17.4. The molecule has 0 radical (unpaired) electrons. The Morgan fingerprint density at radius 2 is 1.88 bits per heavy atom. The highest BCUT2D eigenvalue weighted by Gasteiger charge is 2.22. The molecule has 2 heterocycles. The van der Waals surface area contributed by atoms with Crippen LogP contribution >= 0.6 is 11.6 Å². The lowest BCUT2D eigenvalue weighted by Gasteiger charge is -1.99. The molecule has 26 heavy (non-hydrogen) atoms. The van der Waals surface area contributed by atoms with Crippen molar-refractivity contribution in [1.82, 2.24) is 5.16 Å². The van der Waals surface area contributed by atoms with E-state index in [4.69, 9.17) is 20.5 Å². The molecule has 0 spiro atoms. The van der Waals surface area contributed by atoms with Gasteiger partial charge in [0.15, 0.2) is 5.69 Å². The molecule has 1 aromatic carbocycles. The largest absolute Gasteiger partial charge is 0.457 e. The number of aromatic nitrogens is 1. The van der Waals surface area contributed by atoms with Gasteiger partial charge in [0.1, 0.15) is 16.5 Å². The second-order valence-corrected chi connectivity index (χ2v) is 5.60. The zero-order chi connectivity index (χ0) is 18.8. The first-order chi connectivity index (χ1) is 12.4. The number of nitrogens with zero attached hydrogens (tertiary/aromatic N) is 3. The van der Waals surface area contributed by atoms with Crippen LogP contribution in [0.5, 0.6) is 0 Å². The molecule has 10 heteroatoms. The predicted molar refractivity (Wildman–Crippen MR) is 92.6 cm³/mol. The van der Waals surface area contributed by atoms with Crippen LogP contribution in [0.3, 0.4) is 0 Å². The van der Waals surface area contributed by atoms with Crippen LogP contribution in [0.15, 0.2) is 39.3 Å². The molecule has 0 aliphatic carbocycles. The Kier molecular flexibility index (Phi) is 4.55. The summed E-state index contributed by atoms with van der Waals surface area (Å²) in [7, 11) is 0. The van der Waals surface area contributed by atoms with E-state index in [-0.39, 0.29) is 27.9 Å². The van der Waals surface area contributed by atoms with Gasteiger partial charge in [-0.2, -0.15) is 0 Å². The van der Waals surface area contributed by atoms with Gasteiger partial charge in [0.25, 0.3) is 5.69 Å². The van der Waals surface area contributed by atoms with Gasteiger partial charge < -0.3 is 8.94 Å². The molecular formula is C16H10ClN3O6. The highest BCUT2D eigenvalue weighted by Crippen LogP contribution is 2.32. The van der Waals surface area contributed by atoms with Crippen LogP contribution in [0, 0.1) is 27.2 Å². The van der Waals surface area contributed by atoms with Crippen molar-refractivity contribution in [2.75, 3.05) is 0 Å². The van der Waals surface area contributed by atoms with Gasteiger partial charge in [-0.25, -0.2) is 0 Å². The molecule has 0 atom stereocenters. The SMILES string of the molecule is Cc1noc(/C=C\c2ccc(-c3ccc(Cl)c([N+](=O)[O-])c3)o2)c1[N+](=O)[O-]. The quantitative estimate of drug-likeness (QED) is 0.459. The molecule has 2 aromatic heterocycles. The highest BCUT2D eigenvalue weighted by molar-refractivity contribution is 6.32. The number of nitro benzene ring substituents is 1. The molecule has 0 saturated heterocycles. The minimum atomic E-state index is -0.582. The van der Waals surface area contributed by atoms with Crippen LogP contribution < -0.4 is 0 Å². The van der Waals surface area contributed by atoms with E-state index in [1.807, 2.05) is 0 Å². The first-order valence-electron chi connectivity index (χ1n) is 7.19. The Morgan fingerprint density at radius 3 is 2.58 bits per heavy atom. The maximum atomic E-state index is 11.0. The third-order valence-corrected chi connectivity index (χ3v) is 3.81. The maximum absolute atomic E-state index is 11.0. The van der Waals surface area contributed by atoms with Crippen molar-refractivity contribution < 1.29 is 18.8 Å². The fourth-order valence-corrected chi connectivity index (χ4v) is 2.46. The van der Waals surface area contributed by atoms with Gasteiger partial charge in [-0.1, -0.05) is 16.8 Å². The number of aryl methyl sites for hydroxylation is 1. The van der Waals surface area contributed by atoms with E-state index in [0.717, 1.165) is 0 Å². The third-order valence-electron chi connectivity index (χ3n) is 3.49. The number of halogens is 1. The molecule has 0 fully saturated rings. The average Bonchev–Trinajstić information content (AvgIpc) is 3.19. The summed E-state index contributed by atoms with van der Waals surface area (Å²) >= 11 is 5.79. The summed E-state index contributed by atoms with van der Waals surface area (Å²) in [6.45, 7) is 1.47. The average molecular weight is 376 g/mol.